The molecule has 2 heterocycles. The molecule has 0 spiro atoms. The second kappa shape index (κ2) is 22.8. The number of hydrogen-bond acceptors (Lipinski definition) is 9. The molecule has 6 rings (SSSR count). The standard InChI is InChI=1S/C22H28FN3O5S2.C21H28N2O3S.C2H6/c1-17(2)16-26(20-8-6-19(23)7-9-20)33(30,31)21-10-4-18(5-11-21)22(27)24-12-14-25(15-13-24)32(3,28)29;1-18(2)16-23(17-19-6-4-3-5-7-19)27(24,25)21-10-8-20(9-11-21)22-12-14-26-15-13-22;1-2/h4-11,17H,12-16H2,1-3H3;3-11,18H,12-17H2,1-2H3;1-2H3. The fourth-order valence-electron chi connectivity index (χ4n) is 6.82. The first-order chi connectivity index (χ1) is 29.4. The normalized spacial score (nSPS) is 15.1. The highest BCUT2D eigenvalue weighted by atomic mass is 32.2. The number of sulfonamides is 3. The lowest BCUT2D eigenvalue weighted by atomic mass is 10.2. The summed E-state index contributed by atoms with van der Waals surface area (Å²) >= 11 is 0. The molecular formula is C45H62FN5O8S3. The lowest BCUT2D eigenvalue weighted by Crippen LogP contribution is -2.50. The molecule has 13 nitrogen and oxygen atoms in total. The van der Waals surface area contributed by atoms with Crippen molar-refractivity contribution in [3.05, 3.63) is 120 Å². The largest absolute Gasteiger partial charge is 0.378 e. The van der Waals surface area contributed by atoms with Gasteiger partial charge in [0.05, 0.1) is 34.9 Å². The molecular weight excluding hydrogens is 854 g/mol. The van der Waals surface area contributed by atoms with Gasteiger partial charge in [-0.15, -0.1) is 0 Å². The molecule has 4 aromatic carbocycles. The van der Waals surface area contributed by atoms with Gasteiger partial charge in [-0.25, -0.2) is 29.6 Å². The third kappa shape index (κ3) is 13.8. The highest BCUT2D eigenvalue weighted by Crippen LogP contribution is 2.27. The molecule has 0 aliphatic carbocycles. The number of rotatable bonds is 14. The minimum absolute atomic E-state index is 0.0194. The van der Waals surface area contributed by atoms with Crippen LogP contribution in [0.15, 0.2) is 113 Å². The van der Waals surface area contributed by atoms with Crippen molar-refractivity contribution in [2.45, 2.75) is 57.9 Å². The molecule has 0 N–H and O–H groups in total. The fraction of sp³-hybridized carbons (Fsp3) is 0.444. The molecule has 0 unspecified atom stereocenters. The van der Waals surface area contributed by atoms with Crippen LogP contribution in [-0.2, 0) is 41.4 Å². The minimum Gasteiger partial charge on any atom is -0.378 e. The Morgan fingerprint density at radius 1 is 0.661 bits per heavy atom. The van der Waals surface area contributed by atoms with Crippen molar-refractivity contribution in [1.29, 1.82) is 0 Å². The number of nitrogens with zero attached hydrogens (tertiary/aromatic N) is 5. The average molecular weight is 916 g/mol. The number of piperazine rings is 1. The van der Waals surface area contributed by atoms with Gasteiger partial charge >= 0.3 is 0 Å². The third-order valence-electron chi connectivity index (χ3n) is 9.95. The van der Waals surface area contributed by atoms with Gasteiger partial charge in [-0.1, -0.05) is 71.9 Å². The monoisotopic (exact) mass is 915 g/mol. The predicted octanol–water partition coefficient (Wildman–Crippen LogP) is 6.79. The SMILES string of the molecule is CC.CC(C)CN(Cc1ccccc1)S(=O)(=O)c1ccc(N2CCOCC2)cc1.CC(C)CN(c1ccc(F)cc1)S(=O)(=O)c1ccc(C(=O)N2CCN(S(C)(=O)=O)CC2)cc1. The maximum Gasteiger partial charge on any atom is 0.264 e. The van der Waals surface area contributed by atoms with Crippen molar-refractivity contribution in [1.82, 2.24) is 13.5 Å². The number of morpholine rings is 1. The van der Waals surface area contributed by atoms with Crippen molar-refractivity contribution < 1.29 is 39.2 Å². The second-order valence-corrected chi connectivity index (χ2v) is 21.4. The van der Waals surface area contributed by atoms with Crippen LogP contribution in [0.3, 0.4) is 0 Å². The van der Waals surface area contributed by atoms with Crippen LogP contribution in [0.1, 0.15) is 57.5 Å². The van der Waals surface area contributed by atoms with E-state index in [1.54, 1.807) is 21.3 Å². The smallest absolute Gasteiger partial charge is 0.264 e. The number of anilines is 2. The number of hydrogen-bond donors (Lipinski definition) is 0. The number of ether oxygens (including phenoxy) is 1. The summed E-state index contributed by atoms with van der Waals surface area (Å²) in [5.41, 5.74) is 2.70. The summed E-state index contributed by atoms with van der Waals surface area (Å²) < 4.78 is 99.4. The summed E-state index contributed by atoms with van der Waals surface area (Å²) in [7, 11) is -10.8. The van der Waals surface area contributed by atoms with Crippen LogP contribution in [0.2, 0.25) is 0 Å². The van der Waals surface area contributed by atoms with E-state index in [1.165, 1.54) is 57.1 Å². The number of carbonyl (C=O) groups excluding carboxylic acids is 1. The highest BCUT2D eigenvalue weighted by molar-refractivity contribution is 7.92. The summed E-state index contributed by atoms with van der Waals surface area (Å²) in [6, 6.07) is 27.9. The van der Waals surface area contributed by atoms with Crippen LogP contribution < -0.4 is 9.21 Å². The summed E-state index contributed by atoms with van der Waals surface area (Å²) in [6.45, 7) is 17.0. The van der Waals surface area contributed by atoms with E-state index < -0.39 is 35.9 Å². The molecule has 0 aromatic heterocycles. The summed E-state index contributed by atoms with van der Waals surface area (Å²) in [4.78, 5) is 16.9. The van der Waals surface area contributed by atoms with Gasteiger partial charge in [0.1, 0.15) is 5.82 Å². The molecule has 0 saturated carbocycles. The minimum atomic E-state index is -3.94. The van der Waals surface area contributed by atoms with Crippen LogP contribution in [-0.4, -0.2) is 116 Å². The van der Waals surface area contributed by atoms with E-state index in [9.17, 15) is 34.4 Å². The molecule has 62 heavy (non-hydrogen) atoms. The average Bonchev–Trinajstić information content (AvgIpc) is 3.26. The van der Waals surface area contributed by atoms with Gasteiger partial charge in [0.2, 0.25) is 20.0 Å². The molecule has 2 aliphatic heterocycles. The zero-order valence-corrected chi connectivity index (χ0v) is 39.3. The van der Waals surface area contributed by atoms with Crippen molar-refractivity contribution in [2.75, 3.05) is 81.0 Å². The Kier molecular flexibility index (Phi) is 18.5. The molecule has 2 aliphatic rings. The van der Waals surface area contributed by atoms with Gasteiger partial charge in [-0.3, -0.25) is 9.10 Å². The molecule has 0 atom stereocenters. The van der Waals surface area contributed by atoms with Crippen molar-refractivity contribution in [3.8, 4) is 0 Å². The Labute approximate surface area is 369 Å². The maximum absolute atomic E-state index is 13.3. The van der Waals surface area contributed by atoms with Crippen LogP contribution in [0, 0.1) is 17.7 Å². The Morgan fingerprint density at radius 3 is 1.69 bits per heavy atom. The first kappa shape index (κ1) is 50.3. The summed E-state index contributed by atoms with van der Waals surface area (Å²) in [5, 5.41) is 0. The number of carbonyl (C=O) groups is 1. The van der Waals surface area contributed by atoms with Gasteiger partial charge in [-0.05, 0) is 90.2 Å². The second-order valence-electron chi connectivity index (χ2n) is 15.7. The molecule has 340 valence electrons. The molecule has 4 aromatic rings. The van der Waals surface area contributed by atoms with E-state index in [1.807, 2.05) is 84.0 Å². The van der Waals surface area contributed by atoms with Gasteiger partial charge < -0.3 is 14.5 Å². The van der Waals surface area contributed by atoms with Crippen molar-refractivity contribution in [2.24, 2.45) is 11.8 Å². The van der Waals surface area contributed by atoms with Crippen LogP contribution >= 0.6 is 0 Å². The van der Waals surface area contributed by atoms with Gasteiger partial charge in [-0.2, -0.15) is 8.61 Å². The maximum atomic E-state index is 13.3. The summed E-state index contributed by atoms with van der Waals surface area (Å²) in [5.74, 6) is -0.474. The van der Waals surface area contributed by atoms with Gasteiger partial charge in [0, 0.05) is 70.2 Å². The Bertz CT molecular complexity index is 2340. The number of halogens is 1. The van der Waals surface area contributed by atoms with Crippen LogP contribution in [0.4, 0.5) is 15.8 Å². The first-order valence-corrected chi connectivity index (χ1v) is 25.7. The van der Waals surface area contributed by atoms with Crippen molar-refractivity contribution in [3.63, 3.8) is 0 Å². The van der Waals surface area contributed by atoms with E-state index in [4.69, 9.17) is 4.74 Å². The quantitative estimate of drug-likeness (QED) is 0.134. The zero-order valence-electron chi connectivity index (χ0n) is 36.9. The van der Waals surface area contributed by atoms with Crippen LogP contribution in [0.25, 0.3) is 0 Å². The predicted molar refractivity (Wildman–Crippen MR) is 244 cm³/mol. The third-order valence-corrected chi connectivity index (χ3v) is 14.9. The van der Waals surface area contributed by atoms with Gasteiger partial charge in [0.25, 0.3) is 15.9 Å². The highest BCUT2D eigenvalue weighted by Gasteiger charge is 2.29. The van der Waals surface area contributed by atoms with Gasteiger partial charge in [0.15, 0.2) is 0 Å². The number of benzene rings is 4. The molecule has 2 fully saturated rings. The molecule has 17 heteroatoms. The van der Waals surface area contributed by atoms with E-state index in [0.29, 0.717) is 42.4 Å². The molecule has 2 saturated heterocycles. The van der Waals surface area contributed by atoms with E-state index in [-0.39, 0.29) is 55.4 Å². The Morgan fingerprint density at radius 2 is 1.18 bits per heavy atom. The van der Waals surface area contributed by atoms with E-state index in [2.05, 4.69) is 4.90 Å². The molecule has 1 amide bonds. The fourth-order valence-corrected chi connectivity index (χ4v) is 10.9. The van der Waals surface area contributed by atoms with Crippen molar-refractivity contribution >= 4 is 47.4 Å². The topological polar surface area (TPSA) is 145 Å². The zero-order chi connectivity index (χ0) is 45.7. The lowest BCUT2D eigenvalue weighted by molar-refractivity contribution is 0.0698. The Hall–Kier alpha value is -4.39. The Balaban J connectivity index is 0.000000267. The molecule has 0 bridgehead atoms. The number of amides is 1. The van der Waals surface area contributed by atoms with E-state index >= 15 is 0 Å². The van der Waals surface area contributed by atoms with Crippen LogP contribution in [0.5, 0.6) is 0 Å². The molecule has 0 radical (unpaired) electrons. The van der Waals surface area contributed by atoms with E-state index in [0.717, 1.165) is 30.6 Å². The lowest BCUT2D eigenvalue weighted by Gasteiger charge is -2.33. The first-order valence-electron chi connectivity index (χ1n) is 21.0. The summed E-state index contributed by atoms with van der Waals surface area (Å²) in [6.07, 6.45) is 1.14.